The molecule has 39 heavy (non-hydrogen) atoms. The summed E-state index contributed by atoms with van der Waals surface area (Å²) in [5.74, 6) is 1.08. The van der Waals surface area contributed by atoms with E-state index in [0.29, 0.717) is 18.4 Å². The van der Waals surface area contributed by atoms with E-state index in [1.807, 2.05) is 0 Å². The number of hydrogen-bond donors (Lipinski definition) is 3. The molecule has 5 fully saturated rings. The molecule has 0 aromatic rings. The monoisotopic (exact) mass is 545 g/mol. The van der Waals surface area contributed by atoms with Gasteiger partial charge in [0, 0.05) is 16.4 Å². The van der Waals surface area contributed by atoms with Crippen molar-refractivity contribution in [1.29, 1.82) is 0 Å². The van der Waals surface area contributed by atoms with Crippen LogP contribution in [0.1, 0.15) is 78.6 Å². The molecule has 1 saturated heterocycles. The first-order valence-electron chi connectivity index (χ1n) is 14.8. The smallest absolute Gasteiger partial charge is 0.331 e. The lowest BCUT2D eigenvalue weighted by atomic mass is 9.43. The number of esters is 1. The molecule has 0 radical (unpaired) electrons. The summed E-state index contributed by atoms with van der Waals surface area (Å²) in [6.07, 6.45) is 5.93. The van der Waals surface area contributed by atoms with Crippen LogP contribution in [0, 0.1) is 34.5 Å². The largest absolute Gasteiger partial charge is 0.458 e. The zero-order valence-electron chi connectivity index (χ0n) is 23.2. The Morgan fingerprint density at radius 1 is 1.08 bits per heavy atom. The molecule has 0 bridgehead atoms. The number of rotatable bonds is 4. The molecule has 2 heterocycles. The van der Waals surface area contributed by atoms with Gasteiger partial charge in [0.1, 0.15) is 12.7 Å². The molecule has 0 aromatic heterocycles. The number of carbonyl (C=O) groups excluding carboxylic acids is 1. The lowest BCUT2D eigenvalue weighted by molar-refractivity contribution is -0.291. The highest BCUT2D eigenvalue weighted by Crippen LogP contribution is 2.70. The van der Waals surface area contributed by atoms with Crippen molar-refractivity contribution >= 4 is 5.97 Å². The fraction of sp³-hybridized carbons (Fsp3) is 0.897. The second-order valence-corrected chi connectivity index (χ2v) is 13.7. The van der Waals surface area contributed by atoms with Crippen LogP contribution in [0.5, 0.6) is 0 Å². The van der Waals surface area contributed by atoms with Gasteiger partial charge in [-0.25, -0.2) is 4.79 Å². The Morgan fingerprint density at radius 3 is 2.59 bits per heavy atom. The fourth-order valence-electron chi connectivity index (χ4n) is 10.0. The molecule has 0 amide bonds. The molecule has 6 rings (SSSR count). The minimum atomic E-state index is -1.28. The first-order chi connectivity index (χ1) is 18.5. The van der Waals surface area contributed by atoms with Crippen LogP contribution in [0.25, 0.3) is 10.4 Å². The van der Waals surface area contributed by atoms with Crippen LogP contribution < -0.4 is 0 Å². The molecule has 2 aliphatic heterocycles. The van der Waals surface area contributed by atoms with Gasteiger partial charge in [0.25, 0.3) is 0 Å². The van der Waals surface area contributed by atoms with Crippen LogP contribution in [0.4, 0.5) is 0 Å². The van der Waals surface area contributed by atoms with Gasteiger partial charge >= 0.3 is 5.97 Å². The third-order valence-electron chi connectivity index (χ3n) is 12.3. The molecular formula is C29H43N3O7. The number of aliphatic hydroxyl groups excluding tert-OH is 2. The Labute approximate surface area is 229 Å². The minimum Gasteiger partial charge on any atom is -0.458 e. The Hall–Kier alpha value is -1.68. The average Bonchev–Trinajstić information content (AvgIpc) is 3.45. The summed E-state index contributed by atoms with van der Waals surface area (Å²) in [6.45, 7) is 6.75. The SMILES string of the molecule is CC1OC(O[C@H]2CCC3(C)C(CC[C@@H]4C3CCC3(C)C(C5=CC(=O)OC5)CC[C@]43O)C2)[C@@H](O)[C@@H](O)C1N=[N+]=[N-]. The molecule has 6 aliphatic rings. The second kappa shape index (κ2) is 9.71. The maximum Gasteiger partial charge on any atom is 0.331 e. The maximum absolute atomic E-state index is 12.4. The number of nitrogens with zero attached hydrogens (tertiary/aromatic N) is 3. The fourth-order valence-corrected chi connectivity index (χ4v) is 10.0. The molecule has 8 unspecified atom stereocenters. The number of ether oxygens (including phenoxy) is 3. The predicted molar refractivity (Wildman–Crippen MR) is 140 cm³/mol. The number of carbonyl (C=O) groups is 1. The van der Waals surface area contributed by atoms with Gasteiger partial charge in [0.05, 0.1) is 30.0 Å². The van der Waals surface area contributed by atoms with Gasteiger partial charge in [0.2, 0.25) is 0 Å². The van der Waals surface area contributed by atoms with Crippen molar-refractivity contribution in [2.75, 3.05) is 6.61 Å². The average molecular weight is 546 g/mol. The van der Waals surface area contributed by atoms with E-state index in [-0.39, 0.29) is 34.7 Å². The number of aliphatic hydroxyl groups is 3. The number of azide groups is 1. The van der Waals surface area contributed by atoms with Crippen LogP contribution in [0.3, 0.4) is 0 Å². The Kier molecular flexibility index (Phi) is 6.84. The third kappa shape index (κ3) is 4.09. The Balaban J connectivity index is 1.14. The summed E-state index contributed by atoms with van der Waals surface area (Å²) in [7, 11) is 0. The van der Waals surface area contributed by atoms with Crippen LogP contribution in [0.2, 0.25) is 0 Å². The van der Waals surface area contributed by atoms with Crippen molar-refractivity contribution in [2.45, 2.75) is 121 Å². The van der Waals surface area contributed by atoms with E-state index in [4.69, 9.17) is 19.7 Å². The molecule has 10 nitrogen and oxygen atoms in total. The number of hydrogen-bond acceptors (Lipinski definition) is 8. The van der Waals surface area contributed by atoms with Crippen molar-refractivity contribution in [1.82, 2.24) is 0 Å². The van der Waals surface area contributed by atoms with Gasteiger partial charge in [-0.05, 0) is 105 Å². The zero-order chi connectivity index (χ0) is 27.7. The molecule has 216 valence electrons. The highest BCUT2D eigenvalue weighted by atomic mass is 16.7. The summed E-state index contributed by atoms with van der Waals surface area (Å²) in [4.78, 5) is 14.6. The van der Waals surface area contributed by atoms with E-state index in [2.05, 4.69) is 23.9 Å². The van der Waals surface area contributed by atoms with Crippen LogP contribution >= 0.6 is 0 Å². The quantitative estimate of drug-likeness (QED) is 0.160. The second-order valence-electron chi connectivity index (χ2n) is 13.7. The van der Waals surface area contributed by atoms with Gasteiger partial charge in [-0.1, -0.05) is 19.0 Å². The topological polar surface area (TPSA) is 154 Å². The van der Waals surface area contributed by atoms with Crippen molar-refractivity contribution in [2.24, 2.45) is 39.6 Å². The molecule has 4 aliphatic carbocycles. The lowest BCUT2D eigenvalue weighted by Gasteiger charge is -2.64. The van der Waals surface area contributed by atoms with Gasteiger partial charge < -0.3 is 29.5 Å². The van der Waals surface area contributed by atoms with E-state index in [1.54, 1.807) is 13.0 Å². The summed E-state index contributed by atoms with van der Waals surface area (Å²) < 4.78 is 17.4. The maximum atomic E-state index is 12.4. The highest BCUT2D eigenvalue weighted by molar-refractivity contribution is 5.85. The van der Waals surface area contributed by atoms with Crippen molar-refractivity contribution < 1.29 is 34.3 Å². The summed E-state index contributed by atoms with van der Waals surface area (Å²) in [5, 5.41) is 37.1. The minimum absolute atomic E-state index is 0.0886. The van der Waals surface area contributed by atoms with Gasteiger partial charge in [-0.3, -0.25) is 0 Å². The summed E-state index contributed by atoms with van der Waals surface area (Å²) in [5.41, 5.74) is 8.98. The Bertz CT molecular complexity index is 1080. The van der Waals surface area contributed by atoms with Gasteiger partial charge in [-0.2, -0.15) is 0 Å². The molecule has 13 atom stereocenters. The van der Waals surface area contributed by atoms with Gasteiger partial charge in [-0.15, -0.1) is 0 Å². The summed E-state index contributed by atoms with van der Waals surface area (Å²) >= 11 is 0. The number of fused-ring (bicyclic) bond motifs is 5. The van der Waals surface area contributed by atoms with Gasteiger partial charge in [0.15, 0.2) is 6.29 Å². The van der Waals surface area contributed by atoms with E-state index in [0.717, 1.165) is 63.4 Å². The number of cyclic esters (lactones) is 1. The molecule has 3 N–H and O–H groups in total. The lowest BCUT2D eigenvalue weighted by Crippen LogP contribution is -2.62. The molecule has 10 heteroatoms. The molecule has 0 aromatic carbocycles. The van der Waals surface area contributed by atoms with Crippen LogP contribution in [-0.2, 0) is 19.0 Å². The van der Waals surface area contributed by atoms with E-state index >= 15 is 0 Å². The van der Waals surface area contributed by atoms with Crippen molar-refractivity contribution in [3.8, 4) is 0 Å². The normalized spacial score (nSPS) is 53.1. The van der Waals surface area contributed by atoms with E-state index < -0.39 is 36.2 Å². The van der Waals surface area contributed by atoms with Crippen molar-refractivity contribution in [3.05, 3.63) is 22.1 Å². The van der Waals surface area contributed by atoms with Crippen LogP contribution in [0.15, 0.2) is 16.8 Å². The summed E-state index contributed by atoms with van der Waals surface area (Å²) in [6, 6.07) is -0.856. The molecular weight excluding hydrogens is 502 g/mol. The predicted octanol–water partition coefficient (Wildman–Crippen LogP) is 3.77. The van der Waals surface area contributed by atoms with E-state index in [9.17, 15) is 20.1 Å². The Morgan fingerprint density at radius 2 is 1.87 bits per heavy atom. The zero-order valence-corrected chi connectivity index (χ0v) is 23.2. The molecule has 0 spiro atoms. The first-order valence-corrected chi connectivity index (χ1v) is 14.8. The van der Waals surface area contributed by atoms with Crippen LogP contribution in [-0.4, -0.2) is 70.2 Å². The third-order valence-corrected chi connectivity index (χ3v) is 12.3. The van der Waals surface area contributed by atoms with E-state index in [1.165, 1.54) is 0 Å². The molecule has 4 saturated carbocycles. The standard InChI is InChI=1S/C29H43N3O7/c1-15-23(31-32-30)24(34)25(35)26(38-15)39-18-6-9-27(2)17(13-18)4-5-21-20(27)7-10-28(3)19(8-11-29(21,28)36)16-12-22(33)37-14-16/h12,15,17-21,23-26,34-36H,4-11,13-14H2,1-3H3/t15?,17?,18-,19?,20?,21+,23?,24-,25-,26?,27?,28?,29-/m0/s1. The highest BCUT2D eigenvalue weighted by Gasteiger charge is 2.67. The van der Waals surface area contributed by atoms with Crippen molar-refractivity contribution in [3.63, 3.8) is 0 Å². The first kappa shape index (κ1) is 27.5.